The summed E-state index contributed by atoms with van der Waals surface area (Å²) in [5, 5.41) is 20.7. The van der Waals surface area contributed by atoms with E-state index < -0.39 is 24.3 Å². The zero-order chi connectivity index (χ0) is 30.8. The Bertz CT molecular complexity index is 1630. The van der Waals surface area contributed by atoms with E-state index in [1.54, 1.807) is 33.7 Å². The summed E-state index contributed by atoms with van der Waals surface area (Å²) in [4.78, 5) is 16.0. The van der Waals surface area contributed by atoms with Crippen LogP contribution in [-0.2, 0) is 23.4 Å². The second-order valence-corrected chi connectivity index (χ2v) is 10.6. The molecule has 0 bridgehead atoms. The fourth-order valence-electron chi connectivity index (χ4n) is 5.50. The quantitative estimate of drug-likeness (QED) is 0.224. The van der Waals surface area contributed by atoms with Crippen molar-refractivity contribution in [2.24, 2.45) is 0 Å². The molecule has 0 spiro atoms. The Morgan fingerprint density at radius 3 is 2.51 bits per heavy atom. The van der Waals surface area contributed by atoms with Gasteiger partial charge in [-0.3, -0.25) is 9.69 Å². The Morgan fingerprint density at radius 2 is 1.88 bits per heavy atom. The van der Waals surface area contributed by atoms with Crippen LogP contribution in [0.5, 0.6) is 11.5 Å². The number of methoxy groups -OCH3 is 1. The maximum atomic E-state index is 14.7. The van der Waals surface area contributed by atoms with Gasteiger partial charge in [-0.1, -0.05) is 18.2 Å². The van der Waals surface area contributed by atoms with E-state index in [1.807, 2.05) is 0 Å². The molecule has 2 N–H and O–H groups in total. The lowest BCUT2D eigenvalue weighted by Crippen LogP contribution is -2.53. The van der Waals surface area contributed by atoms with Gasteiger partial charge in [0.25, 0.3) is 0 Å². The maximum Gasteiger partial charge on any atom is 0.422 e. The molecule has 3 heterocycles. The number of aliphatic hydroxyl groups is 1. The van der Waals surface area contributed by atoms with Crippen LogP contribution in [0.15, 0.2) is 65.6 Å². The Balaban J connectivity index is 1.36. The number of likely N-dealkylation sites (tertiary alicyclic amines) is 1. The van der Waals surface area contributed by atoms with Crippen molar-refractivity contribution < 1.29 is 42.1 Å². The number of benzene rings is 2. The third-order valence-electron chi connectivity index (χ3n) is 7.71. The molecule has 0 amide bonds. The van der Waals surface area contributed by atoms with Gasteiger partial charge in [-0.25, -0.2) is 4.85 Å². The molecule has 4 aromatic rings. The highest BCUT2D eigenvalue weighted by Gasteiger charge is 2.57. The highest BCUT2D eigenvalue weighted by atomic mass is 19.4. The molecule has 1 aliphatic rings. The van der Waals surface area contributed by atoms with Crippen LogP contribution >= 0.6 is 0 Å². The van der Waals surface area contributed by atoms with Gasteiger partial charge in [0, 0.05) is 47.9 Å². The molecule has 1 aliphatic heterocycles. The molecule has 0 radical (unpaired) electrons. The molecule has 0 aliphatic carbocycles. The first-order valence-electron chi connectivity index (χ1n) is 13.6. The average molecular weight is 598 g/mol. The minimum Gasteiger partial charge on any atom is -0.493 e. The van der Waals surface area contributed by atoms with E-state index in [9.17, 15) is 23.1 Å². The zero-order valence-electron chi connectivity index (χ0n) is 23.3. The molecule has 1 unspecified atom stereocenters. The number of halogens is 3. The normalized spacial score (nSPS) is 16.1. The largest absolute Gasteiger partial charge is 0.493 e. The number of alkyl halides is 3. The van der Waals surface area contributed by atoms with Gasteiger partial charge in [-0.05, 0) is 42.7 Å². The third kappa shape index (κ3) is 6.33. The number of ether oxygens (including phenoxy) is 2. The van der Waals surface area contributed by atoms with E-state index >= 15 is 0 Å². The van der Waals surface area contributed by atoms with Gasteiger partial charge in [0.1, 0.15) is 6.10 Å². The molecule has 5 rings (SSSR count). The number of furan rings is 1. The van der Waals surface area contributed by atoms with Crippen molar-refractivity contribution >= 4 is 22.6 Å². The van der Waals surface area contributed by atoms with E-state index in [-0.39, 0.29) is 48.8 Å². The highest BCUT2D eigenvalue weighted by molar-refractivity contribution is 5.88. The van der Waals surface area contributed by atoms with Crippen molar-refractivity contribution in [1.29, 1.82) is 0 Å². The van der Waals surface area contributed by atoms with Crippen LogP contribution in [0, 0.1) is 6.57 Å². The molecule has 1 fully saturated rings. The Labute approximate surface area is 245 Å². The fourth-order valence-corrected chi connectivity index (χ4v) is 5.50. The second kappa shape index (κ2) is 12.0. The van der Waals surface area contributed by atoms with Crippen molar-refractivity contribution in [3.8, 4) is 11.5 Å². The van der Waals surface area contributed by atoms with Crippen LogP contribution in [0.3, 0.4) is 0 Å². The monoisotopic (exact) mass is 597 g/mol. The highest BCUT2D eigenvalue weighted by Crippen LogP contribution is 2.44. The average Bonchev–Trinajstić information content (AvgIpc) is 3.62. The summed E-state index contributed by atoms with van der Waals surface area (Å²) < 4.78 is 62.4. The van der Waals surface area contributed by atoms with Crippen molar-refractivity contribution in [2.45, 2.75) is 43.7 Å². The lowest BCUT2D eigenvalue weighted by Gasteiger charge is -2.39. The standard InChI is InChI=1S/C31H30F3N3O6/c1-35-22-4-5-24-25(17-37(26(24)15-22)16-21-9-12-42-18-21)30(40,31(32,33)34)19-36-10-7-23(8-11-36)43-27-6-3-20(14-29(38)39)13-28(27)41-2/h3-6,9,12-13,15,17-18,23,40H,7-8,10-11,14,16,19H2,2H3,(H,38,39). The van der Waals surface area contributed by atoms with Crippen LogP contribution in [0.1, 0.15) is 29.5 Å². The molecule has 12 heteroatoms. The number of β-amino-alcohol motifs (C(OH)–C–C–N with tert-alkyl or cyclic N) is 1. The summed E-state index contributed by atoms with van der Waals surface area (Å²) in [5.41, 5.74) is -1.50. The van der Waals surface area contributed by atoms with Crippen LogP contribution in [0.2, 0.25) is 0 Å². The predicted molar refractivity (Wildman–Crippen MR) is 150 cm³/mol. The summed E-state index contributed by atoms with van der Waals surface area (Å²) >= 11 is 0. The number of rotatable bonds is 10. The fraction of sp³-hybridized carbons (Fsp3) is 0.355. The summed E-state index contributed by atoms with van der Waals surface area (Å²) in [6.45, 7) is 7.38. The van der Waals surface area contributed by atoms with Crippen molar-refractivity contribution in [1.82, 2.24) is 9.47 Å². The number of carbonyl (C=O) groups is 1. The van der Waals surface area contributed by atoms with Gasteiger partial charge in [0.2, 0.25) is 5.60 Å². The summed E-state index contributed by atoms with van der Waals surface area (Å²) in [7, 11) is 1.45. The van der Waals surface area contributed by atoms with Crippen LogP contribution in [-0.4, -0.2) is 64.7 Å². The van der Waals surface area contributed by atoms with Gasteiger partial charge >= 0.3 is 12.1 Å². The van der Waals surface area contributed by atoms with Gasteiger partial charge in [0.15, 0.2) is 17.2 Å². The first-order valence-corrected chi connectivity index (χ1v) is 13.6. The van der Waals surface area contributed by atoms with E-state index in [0.29, 0.717) is 35.4 Å². The smallest absolute Gasteiger partial charge is 0.422 e. The first-order chi connectivity index (χ1) is 20.5. The summed E-state index contributed by atoms with van der Waals surface area (Å²) in [6.07, 6.45) is -0.371. The number of hydrogen-bond donors (Lipinski definition) is 2. The number of aromatic nitrogens is 1. The summed E-state index contributed by atoms with van der Waals surface area (Å²) in [6, 6.07) is 11.0. The van der Waals surface area contributed by atoms with E-state index in [0.717, 1.165) is 5.56 Å². The van der Waals surface area contributed by atoms with Gasteiger partial charge < -0.3 is 28.7 Å². The first kappa shape index (κ1) is 30.0. The molecular weight excluding hydrogens is 567 g/mol. The van der Waals surface area contributed by atoms with E-state index in [2.05, 4.69) is 4.85 Å². The molecule has 43 heavy (non-hydrogen) atoms. The van der Waals surface area contributed by atoms with E-state index in [4.69, 9.17) is 25.6 Å². The number of piperidine rings is 1. The molecular formula is C31H30F3N3O6. The van der Waals surface area contributed by atoms with Gasteiger partial charge in [0.05, 0.1) is 39.2 Å². The molecule has 226 valence electrons. The van der Waals surface area contributed by atoms with E-state index in [1.165, 1.54) is 44.0 Å². The minimum atomic E-state index is -4.99. The number of hydrogen-bond acceptors (Lipinski definition) is 6. The Hall–Kier alpha value is -4.47. The number of fused-ring (bicyclic) bond motifs is 1. The molecule has 0 saturated carbocycles. The van der Waals surface area contributed by atoms with Crippen molar-refractivity contribution in [2.75, 3.05) is 26.7 Å². The summed E-state index contributed by atoms with van der Waals surface area (Å²) in [5.74, 6) is -0.176. The molecule has 1 saturated heterocycles. The zero-order valence-corrected chi connectivity index (χ0v) is 23.3. The van der Waals surface area contributed by atoms with Gasteiger partial charge in [-0.2, -0.15) is 13.2 Å². The van der Waals surface area contributed by atoms with Crippen LogP contribution < -0.4 is 9.47 Å². The number of carboxylic acids is 1. The van der Waals surface area contributed by atoms with Crippen molar-refractivity contribution in [3.63, 3.8) is 0 Å². The topological polar surface area (TPSA) is 102 Å². The Morgan fingerprint density at radius 1 is 1.12 bits per heavy atom. The van der Waals surface area contributed by atoms with Crippen LogP contribution in [0.4, 0.5) is 18.9 Å². The lowest BCUT2D eigenvalue weighted by molar-refractivity contribution is -0.272. The van der Waals surface area contributed by atoms with Crippen LogP contribution in [0.25, 0.3) is 15.7 Å². The number of nitrogens with zero attached hydrogens (tertiary/aromatic N) is 3. The second-order valence-electron chi connectivity index (χ2n) is 10.6. The minimum absolute atomic E-state index is 0.167. The Kier molecular flexibility index (Phi) is 8.39. The molecule has 9 nitrogen and oxygen atoms in total. The van der Waals surface area contributed by atoms with Crippen molar-refractivity contribution in [3.05, 3.63) is 89.3 Å². The third-order valence-corrected chi connectivity index (χ3v) is 7.71. The SMILES string of the molecule is [C-]#[N+]c1ccc2c(C(O)(CN3CCC(Oc4ccc(CC(=O)O)cc4OC)CC3)C(F)(F)F)cn(Cc3ccoc3)c2c1. The molecule has 2 aromatic heterocycles. The van der Waals surface area contributed by atoms with Gasteiger partial charge in [-0.15, -0.1) is 0 Å². The maximum absolute atomic E-state index is 14.7. The predicted octanol–water partition coefficient (Wildman–Crippen LogP) is 5.76. The number of carboxylic acid groups (broad SMARTS) is 1. The molecule has 1 atom stereocenters. The molecule has 2 aromatic carbocycles. The lowest BCUT2D eigenvalue weighted by atomic mass is 9.91. The number of aliphatic carboxylic acids is 1.